The van der Waals surface area contributed by atoms with E-state index in [1.165, 1.54) is 10.6 Å². The van der Waals surface area contributed by atoms with Crippen LogP contribution in [0.3, 0.4) is 0 Å². The second-order valence-corrected chi connectivity index (χ2v) is 5.34. The number of aromatic nitrogens is 1. The predicted molar refractivity (Wildman–Crippen MR) is 62.4 cm³/mol. The molecule has 15 heavy (non-hydrogen) atoms. The van der Waals surface area contributed by atoms with Gasteiger partial charge >= 0.3 is 0 Å². The number of rotatable bonds is 4. The number of aryl methyl sites for hydroxylation is 1. The van der Waals surface area contributed by atoms with Gasteiger partial charge in [0.05, 0.1) is 17.8 Å². The van der Waals surface area contributed by atoms with Crippen LogP contribution in [0, 0.1) is 6.92 Å². The molecule has 0 amide bonds. The molecule has 1 aromatic heterocycles. The molecular weight excluding hydrogens is 208 g/mol. The van der Waals surface area contributed by atoms with Gasteiger partial charge in [0.15, 0.2) is 0 Å². The van der Waals surface area contributed by atoms with Crippen LogP contribution in [0.15, 0.2) is 5.51 Å². The number of nitrogens with zero attached hydrogens (tertiary/aromatic N) is 1. The van der Waals surface area contributed by atoms with Crippen LogP contribution in [0.5, 0.6) is 0 Å². The van der Waals surface area contributed by atoms with Crippen molar-refractivity contribution in [3.8, 4) is 0 Å². The Morgan fingerprint density at radius 2 is 2.53 bits per heavy atom. The summed E-state index contributed by atoms with van der Waals surface area (Å²) in [7, 11) is 0. The lowest BCUT2D eigenvalue weighted by Crippen LogP contribution is -2.43. The maximum absolute atomic E-state index is 5.40. The standard InChI is InChI=1S/C11H18N2OS/c1-9-10(15-8-12-9)3-5-13-11(2)4-6-14-7-11/h8,13H,3-7H2,1-2H3. The van der Waals surface area contributed by atoms with E-state index in [1.807, 2.05) is 5.51 Å². The summed E-state index contributed by atoms with van der Waals surface area (Å²) in [6.07, 6.45) is 2.20. The molecule has 1 saturated heterocycles. The molecule has 4 heteroatoms. The lowest BCUT2D eigenvalue weighted by molar-refractivity contribution is 0.172. The topological polar surface area (TPSA) is 34.2 Å². The van der Waals surface area contributed by atoms with Gasteiger partial charge in [0.2, 0.25) is 0 Å². The molecule has 84 valence electrons. The van der Waals surface area contributed by atoms with Crippen molar-refractivity contribution in [2.24, 2.45) is 0 Å². The SMILES string of the molecule is Cc1ncsc1CCNC1(C)CCOC1. The van der Waals surface area contributed by atoms with Crippen LogP contribution in [0.1, 0.15) is 23.9 Å². The van der Waals surface area contributed by atoms with Crippen LogP contribution in [-0.4, -0.2) is 30.3 Å². The van der Waals surface area contributed by atoms with Crippen LogP contribution in [0.2, 0.25) is 0 Å². The minimum atomic E-state index is 0.193. The van der Waals surface area contributed by atoms with E-state index in [9.17, 15) is 0 Å². The predicted octanol–water partition coefficient (Wildman–Crippen LogP) is 1.76. The Balaban J connectivity index is 1.77. The summed E-state index contributed by atoms with van der Waals surface area (Å²) in [5, 5.41) is 3.58. The first-order chi connectivity index (χ1) is 7.20. The van der Waals surface area contributed by atoms with Crippen LogP contribution in [-0.2, 0) is 11.2 Å². The van der Waals surface area contributed by atoms with Gasteiger partial charge in [-0.1, -0.05) is 0 Å². The van der Waals surface area contributed by atoms with Crippen LogP contribution < -0.4 is 5.32 Å². The number of hydrogen-bond donors (Lipinski definition) is 1. The van der Waals surface area contributed by atoms with Crippen LogP contribution >= 0.6 is 11.3 Å². The van der Waals surface area contributed by atoms with E-state index >= 15 is 0 Å². The van der Waals surface area contributed by atoms with Crippen molar-refractivity contribution in [2.75, 3.05) is 19.8 Å². The maximum Gasteiger partial charge on any atom is 0.0797 e. The molecule has 0 aliphatic carbocycles. The Labute approximate surface area is 94.9 Å². The first-order valence-corrected chi connectivity index (χ1v) is 6.29. The summed E-state index contributed by atoms with van der Waals surface area (Å²) >= 11 is 1.75. The smallest absolute Gasteiger partial charge is 0.0797 e. The third-order valence-corrected chi connectivity index (χ3v) is 3.96. The number of hydrogen-bond acceptors (Lipinski definition) is 4. The summed E-state index contributed by atoms with van der Waals surface area (Å²) in [5.74, 6) is 0. The third kappa shape index (κ3) is 2.77. The summed E-state index contributed by atoms with van der Waals surface area (Å²) in [6.45, 7) is 7.06. The Bertz CT molecular complexity index is 318. The molecule has 1 atom stereocenters. The molecular formula is C11H18N2OS. The molecule has 0 aromatic carbocycles. The number of thiazole rings is 1. The molecule has 2 rings (SSSR count). The van der Waals surface area contributed by atoms with E-state index in [2.05, 4.69) is 24.1 Å². The van der Waals surface area contributed by atoms with Gasteiger partial charge < -0.3 is 10.1 Å². The zero-order chi connectivity index (χ0) is 10.7. The van der Waals surface area contributed by atoms with Gasteiger partial charge in [0.1, 0.15) is 0 Å². The molecule has 1 fully saturated rings. The van der Waals surface area contributed by atoms with Gasteiger partial charge in [-0.05, 0) is 26.7 Å². The zero-order valence-electron chi connectivity index (χ0n) is 9.38. The normalized spacial score (nSPS) is 26.0. The van der Waals surface area contributed by atoms with Crippen molar-refractivity contribution in [2.45, 2.75) is 32.2 Å². The number of ether oxygens (including phenoxy) is 1. The summed E-state index contributed by atoms with van der Waals surface area (Å²) < 4.78 is 5.40. The highest BCUT2D eigenvalue weighted by molar-refractivity contribution is 7.09. The van der Waals surface area contributed by atoms with Crippen LogP contribution in [0.4, 0.5) is 0 Å². The van der Waals surface area contributed by atoms with E-state index < -0.39 is 0 Å². The lowest BCUT2D eigenvalue weighted by atomic mass is 10.0. The molecule has 1 N–H and O–H groups in total. The molecule has 3 nitrogen and oxygen atoms in total. The van der Waals surface area contributed by atoms with Crippen molar-refractivity contribution in [1.82, 2.24) is 10.3 Å². The fraction of sp³-hybridized carbons (Fsp3) is 0.727. The van der Waals surface area contributed by atoms with Crippen molar-refractivity contribution in [3.05, 3.63) is 16.1 Å². The van der Waals surface area contributed by atoms with Gasteiger partial charge in [-0.25, -0.2) is 4.98 Å². The van der Waals surface area contributed by atoms with Crippen molar-refractivity contribution in [1.29, 1.82) is 0 Å². The fourth-order valence-electron chi connectivity index (χ4n) is 1.85. The van der Waals surface area contributed by atoms with Gasteiger partial charge in [-0.15, -0.1) is 11.3 Å². The van der Waals surface area contributed by atoms with Gasteiger partial charge in [0.25, 0.3) is 0 Å². The molecule has 0 spiro atoms. The minimum Gasteiger partial charge on any atom is -0.379 e. The second-order valence-electron chi connectivity index (χ2n) is 4.40. The first kappa shape index (κ1) is 11.0. The highest BCUT2D eigenvalue weighted by atomic mass is 32.1. The van der Waals surface area contributed by atoms with Crippen molar-refractivity contribution < 1.29 is 4.74 Å². The third-order valence-electron chi connectivity index (χ3n) is 2.97. The molecule has 1 aliphatic rings. The Morgan fingerprint density at radius 3 is 3.13 bits per heavy atom. The molecule has 0 radical (unpaired) electrons. The summed E-state index contributed by atoms with van der Waals surface area (Å²) in [4.78, 5) is 5.64. The highest BCUT2D eigenvalue weighted by Crippen LogP contribution is 2.18. The average molecular weight is 226 g/mol. The van der Waals surface area contributed by atoms with Crippen LogP contribution in [0.25, 0.3) is 0 Å². The Hall–Kier alpha value is -0.450. The quantitative estimate of drug-likeness (QED) is 0.849. The Kier molecular flexibility index (Phi) is 3.38. The molecule has 0 saturated carbocycles. The second kappa shape index (κ2) is 4.60. The monoisotopic (exact) mass is 226 g/mol. The molecule has 1 aliphatic heterocycles. The highest BCUT2D eigenvalue weighted by Gasteiger charge is 2.28. The number of nitrogens with one attached hydrogen (secondary N) is 1. The fourth-order valence-corrected chi connectivity index (χ4v) is 2.63. The molecule has 1 unspecified atom stereocenters. The molecule has 0 bridgehead atoms. The van der Waals surface area contributed by atoms with E-state index in [-0.39, 0.29) is 5.54 Å². The zero-order valence-corrected chi connectivity index (χ0v) is 10.2. The maximum atomic E-state index is 5.40. The first-order valence-electron chi connectivity index (χ1n) is 5.41. The van der Waals surface area contributed by atoms with Gasteiger partial charge in [-0.3, -0.25) is 0 Å². The largest absolute Gasteiger partial charge is 0.379 e. The van der Waals surface area contributed by atoms with E-state index in [0.717, 1.165) is 32.6 Å². The van der Waals surface area contributed by atoms with E-state index in [4.69, 9.17) is 4.74 Å². The van der Waals surface area contributed by atoms with Gasteiger partial charge in [-0.2, -0.15) is 0 Å². The Morgan fingerprint density at radius 1 is 1.67 bits per heavy atom. The van der Waals surface area contributed by atoms with Crippen molar-refractivity contribution >= 4 is 11.3 Å². The molecule has 1 aromatic rings. The van der Waals surface area contributed by atoms with Gasteiger partial charge in [0, 0.05) is 23.6 Å². The average Bonchev–Trinajstić information content (AvgIpc) is 2.78. The summed E-state index contributed by atoms with van der Waals surface area (Å²) in [6, 6.07) is 0. The molecule has 2 heterocycles. The van der Waals surface area contributed by atoms with Crippen molar-refractivity contribution in [3.63, 3.8) is 0 Å². The van der Waals surface area contributed by atoms with E-state index in [1.54, 1.807) is 11.3 Å². The lowest BCUT2D eigenvalue weighted by Gasteiger charge is -2.23. The summed E-state index contributed by atoms with van der Waals surface area (Å²) in [5.41, 5.74) is 3.29. The van der Waals surface area contributed by atoms with E-state index in [0.29, 0.717) is 0 Å². The minimum absolute atomic E-state index is 0.193.